The summed E-state index contributed by atoms with van der Waals surface area (Å²) in [5.41, 5.74) is 2.81. The Bertz CT molecular complexity index is 925. The molecule has 1 fully saturated rings. The molecule has 0 atom stereocenters. The number of piperazine rings is 1. The van der Waals surface area contributed by atoms with E-state index >= 15 is 0 Å². The Morgan fingerprint density at radius 2 is 1.93 bits per heavy atom. The maximum atomic E-state index is 12.8. The third kappa shape index (κ3) is 3.96. The molecule has 29 heavy (non-hydrogen) atoms. The molecule has 2 aliphatic heterocycles. The molecule has 1 aromatic carbocycles. The highest BCUT2D eigenvalue weighted by Gasteiger charge is 2.30. The van der Waals surface area contributed by atoms with Crippen molar-refractivity contribution in [3.05, 3.63) is 46.1 Å². The molecule has 0 spiro atoms. The number of aromatic nitrogens is 1. The van der Waals surface area contributed by atoms with E-state index in [0.29, 0.717) is 41.9 Å². The van der Waals surface area contributed by atoms with Crippen LogP contribution in [-0.4, -0.2) is 48.6 Å². The van der Waals surface area contributed by atoms with E-state index in [1.54, 1.807) is 11.1 Å². The van der Waals surface area contributed by atoms with Crippen LogP contribution in [0.15, 0.2) is 30.5 Å². The molecule has 0 bridgehead atoms. The van der Waals surface area contributed by atoms with Gasteiger partial charge in [0.2, 0.25) is 0 Å². The number of nitrogens with one attached hydrogen (secondary N) is 2. The van der Waals surface area contributed by atoms with E-state index in [2.05, 4.69) is 40.4 Å². The lowest BCUT2D eigenvalue weighted by molar-refractivity contribution is 0.208. The number of carbonyl (C=O) groups is 1. The van der Waals surface area contributed by atoms with E-state index in [1.807, 2.05) is 18.2 Å². The van der Waals surface area contributed by atoms with E-state index in [0.717, 1.165) is 24.5 Å². The summed E-state index contributed by atoms with van der Waals surface area (Å²) >= 11 is 12.9. The lowest BCUT2D eigenvalue weighted by Crippen LogP contribution is -2.50. The maximum Gasteiger partial charge on any atom is 0.322 e. The highest BCUT2D eigenvalue weighted by Crippen LogP contribution is 2.43. The van der Waals surface area contributed by atoms with E-state index in [9.17, 15) is 4.79 Å². The second-order valence-corrected chi connectivity index (χ2v) is 8.91. The molecule has 2 aromatic rings. The lowest BCUT2D eigenvalue weighted by atomic mass is 9.78. The summed E-state index contributed by atoms with van der Waals surface area (Å²) in [6, 6.07) is 7.46. The van der Waals surface area contributed by atoms with E-state index in [1.165, 1.54) is 5.56 Å². The number of hydrogen-bond donors (Lipinski definition) is 2. The number of rotatable bonds is 2. The van der Waals surface area contributed by atoms with Crippen molar-refractivity contribution in [3.8, 4) is 0 Å². The predicted octanol–water partition coefficient (Wildman–Crippen LogP) is 4.84. The van der Waals surface area contributed by atoms with Crippen LogP contribution in [-0.2, 0) is 5.41 Å². The molecule has 2 N–H and O–H groups in total. The van der Waals surface area contributed by atoms with Crippen molar-refractivity contribution in [2.75, 3.05) is 48.3 Å². The number of nitrogens with zero attached hydrogens (tertiary/aromatic N) is 3. The fourth-order valence-electron chi connectivity index (χ4n) is 3.97. The number of pyridine rings is 1. The van der Waals surface area contributed by atoms with Gasteiger partial charge in [-0.05, 0) is 35.6 Å². The Balaban J connectivity index is 1.43. The summed E-state index contributed by atoms with van der Waals surface area (Å²) in [5.74, 6) is 0.764. The van der Waals surface area contributed by atoms with Crippen molar-refractivity contribution in [1.82, 2.24) is 9.88 Å². The number of fused-ring (bicyclic) bond motifs is 1. The van der Waals surface area contributed by atoms with Gasteiger partial charge >= 0.3 is 6.03 Å². The highest BCUT2D eigenvalue weighted by atomic mass is 35.5. The van der Waals surface area contributed by atoms with Crippen molar-refractivity contribution >= 4 is 46.4 Å². The molecular weight excluding hydrogens is 409 g/mol. The Morgan fingerprint density at radius 1 is 1.17 bits per heavy atom. The van der Waals surface area contributed by atoms with Gasteiger partial charge in [-0.2, -0.15) is 0 Å². The number of halogens is 2. The minimum Gasteiger partial charge on any atom is -0.384 e. The average molecular weight is 434 g/mol. The first kappa shape index (κ1) is 20.1. The molecular formula is C21H25Cl2N5O. The van der Waals surface area contributed by atoms with Crippen molar-refractivity contribution < 1.29 is 4.79 Å². The number of benzene rings is 1. The van der Waals surface area contributed by atoms with Crippen LogP contribution < -0.4 is 15.5 Å². The summed E-state index contributed by atoms with van der Waals surface area (Å²) in [6.45, 7) is 7.84. The van der Waals surface area contributed by atoms with Crippen LogP contribution in [0.4, 0.5) is 22.0 Å². The first-order valence-corrected chi connectivity index (χ1v) is 10.6. The quantitative estimate of drug-likeness (QED) is 0.711. The molecule has 2 aliphatic rings. The Morgan fingerprint density at radius 3 is 2.66 bits per heavy atom. The second kappa shape index (κ2) is 7.92. The number of amides is 2. The van der Waals surface area contributed by atoms with Gasteiger partial charge in [-0.3, -0.25) is 0 Å². The van der Waals surface area contributed by atoms with Gasteiger partial charge in [0.1, 0.15) is 5.82 Å². The summed E-state index contributed by atoms with van der Waals surface area (Å²) in [4.78, 5) is 21.0. The van der Waals surface area contributed by atoms with Gasteiger partial charge in [0, 0.05) is 38.9 Å². The molecule has 0 aliphatic carbocycles. The first-order valence-electron chi connectivity index (χ1n) is 9.85. The predicted molar refractivity (Wildman–Crippen MR) is 120 cm³/mol. The number of carbonyl (C=O) groups excluding carboxylic acids is 1. The molecule has 1 saturated heterocycles. The molecule has 8 heteroatoms. The van der Waals surface area contributed by atoms with Crippen LogP contribution in [0.2, 0.25) is 10.0 Å². The van der Waals surface area contributed by atoms with Crippen molar-refractivity contribution in [2.24, 2.45) is 0 Å². The monoisotopic (exact) mass is 433 g/mol. The number of urea groups is 1. The summed E-state index contributed by atoms with van der Waals surface area (Å²) in [6.07, 6.45) is 2.78. The molecule has 154 valence electrons. The molecule has 1 aromatic heterocycles. The van der Waals surface area contributed by atoms with Crippen LogP contribution >= 0.6 is 23.2 Å². The van der Waals surface area contributed by atoms with Crippen molar-refractivity contribution in [3.63, 3.8) is 0 Å². The molecule has 4 rings (SSSR count). The van der Waals surface area contributed by atoms with Crippen LogP contribution in [0.1, 0.15) is 25.8 Å². The van der Waals surface area contributed by atoms with Crippen molar-refractivity contribution in [1.29, 1.82) is 0 Å². The Labute approximate surface area is 181 Å². The third-order valence-electron chi connectivity index (χ3n) is 5.77. The fraction of sp³-hybridized carbons (Fsp3) is 0.429. The van der Waals surface area contributed by atoms with Gasteiger partial charge in [0.15, 0.2) is 0 Å². The molecule has 6 nitrogen and oxygen atoms in total. The largest absolute Gasteiger partial charge is 0.384 e. The van der Waals surface area contributed by atoms with Crippen LogP contribution in [0.3, 0.4) is 0 Å². The van der Waals surface area contributed by atoms with Gasteiger partial charge in [0.25, 0.3) is 0 Å². The van der Waals surface area contributed by atoms with Gasteiger partial charge in [-0.1, -0.05) is 43.1 Å². The molecule has 0 radical (unpaired) electrons. The van der Waals surface area contributed by atoms with Gasteiger partial charge < -0.3 is 20.4 Å². The molecule has 2 amide bonds. The minimum absolute atomic E-state index is 0.0653. The topological polar surface area (TPSA) is 60.5 Å². The third-order valence-corrected chi connectivity index (χ3v) is 6.46. The lowest BCUT2D eigenvalue weighted by Gasteiger charge is -2.36. The Hall–Kier alpha value is -2.18. The van der Waals surface area contributed by atoms with E-state index in [-0.39, 0.29) is 11.4 Å². The van der Waals surface area contributed by atoms with Gasteiger partial charge in [-0.25, -0.2) is 9.78 Å². The van der Waals surface area contributed by atoms with Gasteiger partial charge in [0.05, 0.1) is 21.4 Å². The zero-order valence-corrected chi connectivity index (χ0v) is 18.1. The minimum atomic E-state index is -0.145. The van der Waals surface area contributed by atoms with E-state index in [4.69, 9.17) is 23.2 Å². The normalized spacial score (nSPS) is 18.1. The van der Waals surface area contributed by atoms with Crippen LogP contribution in [0.5, 0.6) is 0 Å². The number of anilines is 3. The summed E-state index contributed by atoms with van der Waals surface area (Å²) < 4.78 is 0. The Kier molecular flexibility index (Phi) is 5.49. The van der Waals surface area contributed by atoms with E-state index < -0.39 is 0 Å². The summed E-state index contributed by atoms with van der Waals surface area (Å²) in [7, 11) is 0. The molecule has 0 unspecified atom stereocenters. The van der Waals surface area contributed by atoms with Crippen LogP contribution in [0, 0.1) is 0 Å². The summed E-state index contributed by atoms with van der Waals surface area (Å²) in [5, 5.41) is 7.56. The number of hydrogen-bond acceptors (Lipinski definition) is 4. The standard InChI is InChI=1S/C21H25Cl2N5O/c1-21(2)7-9-24-18-14(21)5-6-16(17(18)23)26-20(29)28-12-10-27(11-13-28)19-15(22)4-3-8-25-19/h3-6,8,24H,7,9-13H2,1-2H3,(H,26,29). The zero-order chi connectivity index (χ0) is 20.6. The molecule has 3 heterocycles. The van der Waals surface area contributed by atoms with Crippen LogP contribution in [0.25, 0.3) is 0 Å². The fourth-order valence-corrected chi connectivity index (χ4v) is 4.49. The first-order chi connectivity index (χ1) is 13.9. The highest BCUT2D eigenvalue weighted by molar-refractivity contribution is 6.36. The average Bonchev–Trinajstić information content (AvgIpc) is 2.70. The zero-order valence-electron chi connectivity index (χ0n) is 16.6. The smallest absolute Gasteiger partial charge is 0.322 e. The SMILES string of the molecule is CC1(C)CCNc2c1ccc(NC(=O)N1CCN(c3ncccc3Cl)CC1)c2Cl. The van der Waals surface area contributed by atoms with Crippen molar-refractivity contribution in [2.45, 2.75) is 25.7 Å². The maximum absolute atomic E-state index is 12.8. The van der Waals surface area contributed by atoms with Gasteiger partial charge in [-0.15, -0.1) is 0 Å². The molecule has 0 saturated carbocycles. The second-order valence-electron chi connectivity index (χ2n) is 8.12.